The number of hydrogen-bond acceptors (Lipinski definition) is 13. The SMILES string of the molecule is CCOC(=O)C1=CN2CC(CC)=C[C@@H](C2)C[C@](C(=O)OC)(c2cc3c(cc2OC)N(C)[C@H]2[C@@](O)(C(=O)OC)[C@H](OC(C)=O)[C@]4(CC)C=CCN5CC[C@]32[C@@H]54)c2[nH]c3ccccc3c2C1. The van der Waals surface area contributed by atoms with Gasteiger partial charge in [-0.05, 0) is 68.3 Å². The number of likely N-dealkylation sites (N-methyl/N-ethyl adjacent to an activating group) is 1. The Balaban J connectivity index is 1.38. The van der Waals surface area contributed by atoms with Gasteiger partial charge in [0.25, 0.3) is 0 Å². The van der Waals surface area contributed by atoms with Gasteiger partial charge in [-0.15, -0.1) is 0 Å². The van der Waals surface area contributed by atoms with Crippen LogP contribution in [-0.4, -0.2) is 129 Å². The molecule has 5 aliphatic heterocycles. The fourth-order valence-corrected chi connectivity index (χ4v) is 13.4. The van der Waals surface area contributed by atoms with Crippen molar-refractivity contribution in [3.8, 4) is 5.75 Å². The second-order valence-electron chi connectivity index (χ2n) is 18.5. The van der Waals surface area contributed by atoms with Gasteiger partial charge in [0.1, 0.15) is 11.2 Å². The molecule has 2 fully saturated rings. The summed E-state index contributed by atoms with van der Waals surface area (Å²) >= 11 is 0. The smallest absolute Gasteiger partial charge is 0.344 e. The highest BCUT2D eigenvalue weighted by molar-refractivity contribution is 5.97. The monoisotopic (exact) mass is 876 g/mol. The molecule has 3 aromatic rings. The summed E-state index contributed by atoms with van der Waals surface area (Å²) in [5.74, 6) is -2.25. The summed E-state index contributed by atoms with van der Waals surface area (Å²) in [5.41, 5.74) is -0.0123. The molecule has 6 heterocycles. The molecule has 1 spiro atoms. The van der Waals surface area contributed by atoms with Gasteiger partial charge in [0.05, 0.1) is 39.6 Å². The van der Waals surface area contributed by atoms with Crippen molar-refractivity contribution < 1.29 is 48.0 Å². The Hall–Kier alpha value is -5.60. The summed E-state index contributed by atoms with van der Waals surface area (Å²) in [6, 6.07) is 10.5. The maximum absolute atomic E-state index is 15.6. The number of methoxy groups -OCH3 is 3. The van der Waals surface area contributed by atoms with E-state index in [-0.39, 0.29) is 31.4 Å². The topological polar surface area (TPSA) is 160 Å². The van der Waals surface area contributed by atoms with Crippen LogP contribution in [0.5, 0.6) is 5.75 Å². The maximum Gasteiger partial charge on any atom is 0.344 e. The Morgan fingerprint density at radius 3 is 2.44 bits per heavy atom. The number of fused-ring (bicyclic) bond motifs is 6. The Kier molecular flexibility index (Phi) is 10.8. The van der Waals surface area contributed by atoms with Crippen LogP contribution in [0.4, 0.5) is 5.69 Å². The second kappa shape index (κ2) is 15.8. The van der Waals surface area contributed by atoms with Gasteiger partial charge < -0.3 is 43.6 Å². The van der Waals surface area contributed by atoms with E-state index < -0.39 is 57.9 Å². The Morgan fingerprint density at radius 2 is 1.75 bits per heavy atom. The summed E-state index contributed by atoms with van der Waals surface area (Å²) < 4.78 is 29.8. The van der Waals surface area contributed by atoms with Gasteiger partial charge in [-0.25, -0.2) is 9.59 Å². The first kappa shape index (κ1) is 43.6. The zero-order valence-electron chi connectivity index (χ0n) is 38.1. The van der Waals surface area contributed by atoms with E-state index in [4.69, 9.17) is 23.7 Å². The molecule has 0 radical (unpaired) electrons. The fraction of sp³-hybridized carbons (Fsp3) is 0.520. The van der Waals surface area contributed by atoms with Crippen LogP contribution < -0.4 is 9.64 Å². The van der Waals surface area contributed by atoms with Crippen molar-refractivity contribution in [1.29, 1.82) is 0 Å². The van der Waals surface area contributed by atoms with E-state index in [2.05, 4.69) is 33.8 Å². The normalized spacial score (nSPS) is 31.5. The summed E-state index contributed by atoms with van der Waals surface area (Å²) in [4.78, 5) is 67.3. The predicted octanol–water partition coefficient (Wildman–Crippen LogP) is 5.24. The molecule has 1 aromatic heterocycles. The molecule has 2 aromatic carbocycles. The van der Waals surface area contributed by atoms with Crippen molar-refractivity contribution in [3.05, 3.63) is 94.4 Å². The minimum Gasteiger partial charge on any atom is -0.496 e. The maximum atomic E-state index is 15.6. The molecule has 1 saturated heterocycles. The number of para-hydroxylation sites is 1. The summed E-state index contributed by atoms with van der Waals surface area (Å²) in [6.45, 7) is 9.81. The summed E-state index contributed by atoms with van der Waals surface area (Å²) in [6.07, 6.45) is 9.19. The Labute approximate surface area is 374 Å². The number of nitrogens with one attached hydrogen (secondary N) is 1. The first-order valence-corrected chi connectivity index (χ1v) is 22.6. The Morgan fingerprint density at radius 1 is 0.984 bits per heavy atom. The molecule has 2 bridgehead atoms. The average Bonchev–Trinajstić information content (AvgIpc) is 3.95. The van der Waals surface area contributed by atoms with Gasteiger partial charge >= 0.3 is 23.9 Å². The van der Waals surface area contributed by atoms with Crippen molar-refractivity contribution in [2.75, 3.05) is 66.1 Å². The minimum atomic E-state index is -2.34. The lowest BCUT2D eigenvalue weighted by atomic mass is 9.47. The number of anilines is 1. The van der Waals surface area contributed by atoms with Crippen LogP contribution in [0.3, 0.4) is 0 Å². The minimum absolute atomic E-state index is 0.164. The number of aromatic nitrogens is 1. The number of benzene rings is 2. The zero-order chi connectivity index (χ0) is 45.5. The molecule has 2 N–H and O–H groups in total. The van der Waals surface area contributed by atoms with E-state index in [1.165, 1.54) is 26.7 Å². The quantitative estimate of drug-likeness (QED) is 0.163. The van der Waals surface area contributed by atoms with Crippen molar-refractivity contribution >= 4 is 40.5 Å². The first-order valence-electron chi connectivity index (χ1n) is 22.6. The zero-order valence-corrected chi connectivity index (χ0v) is 38.1. The molecule has 64 heavy (non-hydrogen) atoms. The molecule has 1 aliphatic carbocycles. The number of aromatic amines is 1. The van der Waals surface area contributed by atoms with Crippen molar-refractivity contribution in [2.45, 2.75) is 94.4 Å². The molecule has 14 heteroatoms. The molecular formula is C50H60N4O10. The third-order valence-electron chi connectivity index (χ3n) is 15.6. The lowest BCUT2D eigenvalue weighted by molar-refractivity contribution is -0.228. The third-order valence-corrected chi connectivity index (χ3v) is 15.6. The van der Waals surface area contributed by atoms with Crippen LogP contribution in [0, 0.1) is 11.3 Å². The highest BCUT2D eigenvalue weighted by atomic mass is 16.6. The molecule has 1 saturated carbocycles. The number of esters is 4. The van der Waals surface area contributed by atoms with E-state index in [0.717, 1.165) is 28.5 Å². The molecule has 6 aliphatic rings. The van der Waals surface area contributed by atoms with E-state index in [0.29, 0.717) is 67.3 Å². The molecule has 8 atom stereocenters. The van der Waals surface area contributed by atoms with E-state index in [9.17, 15) is 19.5 Å². The number of carbonyl (C=O) groups is 4. The van der Waals surface area contributed by atoms with Gasteiger partial charge in [0.15, 0.2) is 6.10 Å². The standard InChI is InChI=1S/C50H60N4O10/c1-9-30-21-31-25-49(45(57)61-7,40-34(33-15-12-13-16-37(33)51-40)22-32(41(56)63-11-3)28-53(26-30)27-31)36-23-35-38(24-39(36)60-6)52(5)43-48(35)18-20-54-19-14-17-47(10-2,42(48)54)44(64-29(4)55)50(43,59)46(58)62-8/h12-17,21,23-24,28,31,42-44,51,59H,9-11,18-20,22,25-27H2,1-8H3/t31-,42+,43-,44-,47-,48-,49+,50+/m1/s1. The second-order valence-corrected chi connectivity index (χ2v) is 18.5. The van der Waals surface area contributed by atoms with Crippen LogP contribution in [0.25, 0.3) is 10.9 Å². The number of ether oxygens (including phenoxy) is 5. The number of carbonyl (C=O) groups excluding carboxylic acids is 4. The largest absolute Gasteiger partial charge is 0.496 e. The number of H-pyrrole nitrogens is 1. The number of rotatable bonds is 9. The summed E-state index contributed by atoms with van der Waals surface area (Å²) in [7, 11) is 6.08. The van der Waals surface area contributed by atoms with Gasteiger partial charge in [-0.1, -0.05) is 55.8 Å². The number of hydrogen-bond donors (Lipinski definition) is 2. The van der Waals surface area contributed by atoms with Crippen molar-refractivity contribution in [2.24, 2.45) is 11.3 Å². The van der Waals surface area contributed by atoms with E-state index in [1.54, 1.807) is 14.0 Å². The molecule has 14 nitrogen and oxygen atoms in total. The Bertz CT molecular complexity index is 2530. The van der Waals surface area contributed by atoms with Gasteiger partial charge in [-0.3, -0.25) is 14.5 Å². The van der Waals surface area contributed by atoms with Crippen molar-refractivity contribution in [3.63, 3.8) is 0 Å². The van der Waals surface area contributed by atoms with Crippen LogP contribution >= 0.6 is 0 Å². The highest BCUT2D eigenvalue weighted by Gasteiger charge is 2.80. The number of aliphatic hydroxyl groups is 1. The van der Waals surface area contributed by atoms with Crippen LogP contribution in [-0.2, 0) is 55.4 Å². The van der Waals surface area contributed by atoms with Crippen LogP contribution in [0.2, 0.25) is 0 Å². The third kappa shape index (κ3) is 5.89. The van der Waals surface area contributed by atoms with E-state index >= 15 is 4.79 Å². The molecule has 340 valence electrons. The molecule has 0 unspecified atom stereocenters. The molecular weight excluding hydrogens is 817 g/mol. The van der Waals surface area contributed by atoms with Crippen molar-refractivity contribution in [1.82, 2.24) is 14.8 Å². The average molecular weight is 877 g/mol. The van der Waals surface area contributed by atoms with Crippen LogP contribution in [0.15, 0.2) is 72.0 Å². The summed E-state index contributed by atoms with van der Waals surface area (Å²) in [5, 5.41) is 14.3. The molecule has 0 amide bonds. The van der Waals surface area contributed by atoms with Crippen LogP contribution in [0.1, 0.15) is 75.8 Å². The highest BCUT2D eigenvalue weighted by Crippen LogP contribution is 2.68. The first-order chi connectivity index (χ1) is 30.7. The van der Waals surface area contributed by atoms with Gasteiger partial charge in [0.2, 0.25) is 5.60 Å². The molecule has 9 rings (SSSR count). The lowest BCUT2D eigenvalue weighted by Gasteiger charge is -2.63. The predicted molar refractivity (Wildman–Crippen MR) is 239 cm³/mol. The fourth-order valence-electron chi connectivity index (χ4n) is 13.4. The van der Waals surface area contributed by atoms with Gasteiger partial charge in [-0.2, -0.15) is 0 Å². The lowest BCUT2D eigenvalue weighted by Crippen LogP contribution is -2.81. The van der Waals surface area contributed by atoms with Gasteiger partial charge in [0, 0.05) is 97.0 Å². The number of nitrogens with zero attached hydrogens (tertiary/aromatic N) is 3. The van der Waals surface area contributed by atoms with E-state index in [1.807, 2.05) is 67.6 Å².